The number of carbonyl (C=O) groups is 3. The van der Waals surface area contributed by atoms with Crippen molar-refractivity contribution in [2.75, 3.05) is 18.0 Å². The summed E-state index contributed by atoms with van der Waals surface area (Å²) in [6, 6.07) is 5.16. The van der Waals surface area contributed by atoms with Gasteiger partial charge >= 0.3 is 0 Å². The van der Waals surface area contributed by atoms with Crippen LogP contribution in [0.2, 0.25) is 0 Å². The number of nitro benzene ring substituents is 1. The lowest BCUT2D eigenvalue weighted by Crippen LogP contribution is -3.17. The molecule has 0 radical (unpaired) electrons. The largest absolute Gasteiger partial charge is 0.369 e. The van der Waals surface area contributed by atoms with Gasteiger partial charge in [0.05, 0.1) is 24.4 Å². The highest BCUT2D eigenvalue weighted by Gasteiger charge is 2.48. The lowest BCUT2D eigenvalue weighted by Gasteiger charge is -2.30. The monoisotopic (exact) mass is 347 g/mol. The zero-order chi connectivity index (χ0) is 18.1. The minimum absolute atomic E-state index is 0.0106. The summed E-state index contributed by atoms with van der Waals surface area (Å²) < 4.78 is 0. The Bertz CT molecular complexity index is 742. The average Bonchev–Trinajstić information content (AvgIpc) is 2.89. The van der Waals surface area contributed by atoms with Gasteiger partial charge in [-0.2, -0.15) is 0 Å². The Hall–Kier alpha value is -2.81. The van der Waals surface area contributed by atoms with E-state index in [1.54, 1.807) is 6.07 Å². The molecule has 0 aliphatic carbocycles. The highest BCUT2D eigenvalue weighted by molar-refractivity contribution is 6.22. The number of nitrogens with zero attached hydrogens (tertiary/aromatic N) is 2. The van der Waals surface area contributed by atoms with E-state index in [1.807, 2.05) is 0 Å². The number of nitro groups is 1. The fraction of sp³-hybridized carbons (Fsp3) is 0.438. The highest BCUT2D eigenvalue weighted by atomic mass is 16.6. The SMILES string of the molecule is NC(=O)C1CC[NH+]([C@@H]2CC(=O)N(c3ccccc3[N+](=O)[O-])C2=O)CC1. The van der Waals surface area contributed by atoms with Crippen LogP contribution in [0.15, 0.2) is 24.3 Å². The van der Waals surface area contributed by atoms with Crippen LogP contribution in [0.25, 0.3) is 0 Å². The number of imide groups is 1. The third-order valence-electron chi connectivity index (χ3n) is 4.99. The Morgan fingerprint density at radius 1 is 1.24 bits per heavy atom. The summed E-state index contributed by atoms with van der Waals surface area (Å²) in [6.07, 6.45) is 1.17. The number of amides is 3. The van der Waals surface area contributed by atoms with Gasteiger partial charge in [0, 0.05) is 24.8 Å². The number of quaternary nitrogens is 1. The van der Waals surface area contributed by atoms with Gasteiger partial charge in [-0.05, 0) is 6.07 Å². The molecule has 132 valence electrons. The van der Waals surface area contributed by atoms with E-state index < -0.39 is 22.8 Å². The van der Waals surface area contributed by atoms with E-state index >= 15 is 0 Å². The predicted octanol–water partition coefficient (Wildman–Crippen LogP) is -0.993. The molecule has 3 amide bonds. The first-order chi connectivity index (χ1) is 11.9. The molecule has 0 unspecified atom stereocenters. The number of benzene rings is 1. The fourth-order valence-corrected chi connectivity index (χ4v) is 3.63. The third-order valence-corrected chi connectivity index (χ3v) is 4.99. The Kier molecular flexibility index (Phi) is 4.49. The fourth-order valence-electron chi connectivity index (χ4n) is 3.63. The third kappa shape index (κ3) is 3.10. The van der Waals surface area contributed by atoms with Crippen molar-refractivity contribution in [3.8, 4) is 0 Å². The average molecular weight is 347 g/mol. The van der Waals surface area contributed by atoms with Gasteiger partial charge in [0.15, 0.2) is 6.04 Å². The molecule has 2 fully saturated rings. The number of hydrogen-bond acceptors (Lipinski definition) is 5. The molecule has 9 heteroatoms. The molecule has 2 aliphatic rings. The van der Waals surface area contributed by atoms with Gasteiger partial charge in [-0.15, -0.1) is 0 Å². The van der Waals surface area contributed by atoms with E-state index in [2.05, 4.69) is 0 Å². The minimum atomic E-state index is -0.603. The predicted molar refractivity (Wildman–Crippen MR) is 86.6 cm³/mol. The number of primary amides is 1. The molecule has 0 bridgehead atoms. The Morgan fingerprint density at radius 2 is 1.88 bits per heavy atom. The molecule has 3 N–H and O–H groups in total. The van der Waals surface area contributed by atoms with E-state index in [0.717, 1.165) is 9.80 Å². The van der Waals surface area contributed by atoms with Gasteiger partial charge in [0.1, 0.15) is 5.69 Å². The van der Waals surface area contributed by atoms with E-state index in [9.17, 15) is 24.5 Å². The Labute approximate surface area is 143 Å². The number of likely N-dealkylation sites (tertiary alicyclic amines) is 1. The normalized spacial score (nSPS) is 26.7. The standard InChI is InChI=1S/C16H18N4O5/c17-15(22)10-5-7-18(8-6-10)13-9-14(21)19(16(13)23)11-3-1-2-4-12(11)20(24)25/h1-4,10,13H,5-9H2,(H2,17,22)/p+1/t13-/m1/s1. The van der Waals surface area contributed by atoms with Crippen molar-refractivity contribution in [1.29, 1.82) is 0 Å². The lowest BCUT2D eigenvalue weighted by atomic mass is 9.95. The summed E-state index contributed by atoms with van der Waals surface area (Å²) in [4.78, 5) is 48.8. The van der Waals surface area contributed by atoms with Gasteiger partial charge in [0.25, 0.3) is 11.6 Å². The molecular formula is C16H19N4O5+. The second kappa shape index (κ2) is 6.60. The maximum absolute atomic E-state index is 12.8. The van der Waals surface area contributed by atoms with Crippen molar-refractivity contribution in [2.24, 2.45) is 11.7 Å². The first-order valence-electron chi connectivity index (χ1n) is 8.14. The van der Waals surface area contributed by atoms with Gasteiger partial charge in [-0.25, -0.2) is 4.90 Å². The second-order valence-corrected chi connectivity index (χ2v) is 6.40. The van der Waals surface area contributed by atoms with Crippen LogP contribution in [-0.2, 0) is 14.4 Å². The van der Waals surface area contributed by atoms with Crippen molar-refractivity contribution in [2.45, 2.75) is 25.3 Å². The molecule has 0 saturated carbocycles. The van der Waals surface area contributed by atoms with Crippen LogP contribution in [0.5, 0.6) is 0 Å². The quantitative estimate of drug-likeness (QED) is 0.410. The molecule has 2 saturated heterocycles. The number of piperidine rings is 1. The highest BCUT2D eigenvalue weighted by Crippen LogP contribution is 2.31. The molecule has 3 rings (SSSR count). The van der Waals surface area contributed by atoms with Crippen LogP contribution in [0.4, 0.5) is 11.4 Å². The summed E-state index contributed by atoms with van der Waals surface area (Å²) in [7, 11) is 0. The van der Waals surface area contributed by atoms with Crippen LogP contribution < -0.4 is 15.5 Å². The van der Waals surface area contributed by atoms with E-state index in [1.165, 1.54) is 18.2 Å². The summed E-state index contributed by atoms with van der Waals surface area (Å²) in [5.74, 6) is -1.39. The van der Waals surface area contributed by atoms with Crippen molar-refractivity contribution < 1.29 is 24.2 Å². The summed E-state index contributed by atoms with van der Waals surface area (Å²) in [5.41, 5.74) is 5.06. The second-order valence-electron chi connectivity index (χ2n) is 6.40. The first kappa shape index (κ1) is 17.0. The lowest BCUT2D eigenvalue weighted by molar-refractivity contribution is -0.920. The number of anilines is 1. The maximum atomic E-state index is 12.8. The van der Waals surface area contributed by atoms with Crippen LogP contribution in [-0.4, -0.2) is 41.8 Å². The van der Waals surface area contributed by atoms with Gasteiger partial charge < -0.3 is 10.6 Å². The maximum Gasteiger partial charge on any atom is 0.293 e. The van der Waals surface area contributed by atoms with Gasteiger partial charge in [0.2, 0.25) is 11.8 Å². The minimum Gasteiger partial charge on any atom is -0.369 e. The van der Waals surface area contributed by atoms with Gasteiger partial charge in [-0.1, -0.05) is 12.1 Å². The molecular weight excluding hydrogens is 328 g/mol. The van der Waals surface area contributed by atoms with Crippen molar-refractivity contribution >= 4 is 29.1 Å². The van der Waals surface area contributed by atoms with E-state index in [0.29, 0.717) is 25.9 Å². The molecule has 2 aliphatic heterocycles. The first-order valence-corrected chi connectivity index (χ1v) is 8.14. The summed E-state index contributed by atoms with van der Waals surface area (Å²) in [5, 5.41) is 11.2. The van der Waals surface area contributed by atoms with Crippen LogP contribution >= 0.6 is 0 Å². The molecule has 0 spiro atoms. The summed E-state index contributed by atoms with van der Waals surface area (Å²) in [6.45, 7) is 1.14. The molecule has 9 nitrogen and oxygen atoms in total. The van der Waals surface area contributed by atoms with Crippen molar-refractivity contribution in [1.82, 2.24) is 0 Å². The zero-order valence-electron chi connectivity index (χ0n) is 13.5. The van der Waals surface area contributed by atoms with E-state index in [4.69, 9.17) is 5.73 Å². The van der Waals surface area contributed by atoms with E-state index in [-0.39, 0.29) is 29.6 Å². The zero-order valence-corrected chi connectivity index (χ0v) is 13.5. The van der Waals surface area contributed by atoms with Gasteiger partial charge in [-0.3, -0.25) is 24.5 Å². The smallest absolute Gasteiger partial charge is 0.293 e. The molecule has 0 aromatic heterocycles. The molecule has 25 heavy (non-hydrogen) atoms. The Morgan fingerprint density at radius 3 is 2.48 bits per heavy atom. The number of nitrogens with two attached hydrogens (primary N) is 1. The number of carbonyl (C=O) groups excluding carboxylic acids is 3. The van der Waals surface area contributed by atoms with Crippen molar-refractivity contribution in [3.05, 3.63) is 34.4 Å². The van der Waals surface area contributed by atoms with Crippen LogP contribution in [0.3, 0.4) is 0 Å². The molecule has 2 heterocycles. The number of hydrogen-bond donors (Lipinski definition) is 2. The summed E-state index contributed by atoms with van der Waals surface area (Å²) >= 11 is 0. The topological polar surface area (TPSA) is 128 Å². The van der Waals surface area contributed by atoms with Crippen LogP contribution in [0.1, 0.15) is 19.3 Å². The number of nitrogens with one attached hydrogen (secondary N) is 1. The molecule has 1 atom stereocenters. The molecule has 1 aromatic carbocycles. The molecule has 1 aromatic rings. The van der Waals surface area contributed by atoms with Crippen LogP contribution in [0, 0.1) is 16.0 Å². The number of rotatable bonds is 4. The number of para-hydroxylation sites is 2. The Balaban J connectivity index is 1.80. The van der Waals surface area contributed by atoms with Crippen molar-refractivity contribution in [3.63, 3.8) is 0 Å².